The number of rotatable bonds is 13. The van der Waals surface area contributed by atoms with E-state index in [4.69, 9.17) is 19.0 Å². The van der Waals surface area contributed by atoms with E-state index in [1.165, 1.54) is 12.1 Å². The molecule has 0 saturated carbocycles. The fourth-order valence-corrected chi connectivity index (χ4v) is 5.48. The molecule has 232 valence electrons. The zero-order chi connectivity index (χ0) is 31.6. The third kappa shape index (κ3) is 10.1. The number of esters is 1. The van der Waals surface area contributed by atoms with Gasteiger partial charge in [0.25, 0.3) is 10.0 Å². The van der Waals surface area contributed by atoms with Gasteiger partial charge < -0.3 is 19.5 Å². The number of nitrogens with one attached hydrogen (secondary N) is 1. The van der Waals surface area contributed by atoms with Crippen LogP contribution in [-0.2, 0) is 35.7 Å². The predicted octanol–water partition coefficient (Wildman–Crippen LogP) is 5.72. The largest absolute Gasteiger partial charge is 0.497 e. The summed E-state index contributed by atoms with van der Waals surface area (Å²) < 4.78 is 44.6. The molecule has 3 aromatic carbocycles. The van der Waals surface area contributed by atoms with Crippen molar-refractivity contribution in [1.29, 1.82) is 0 Å². The van der Waals surface area contributed by atoms with E-state index in [0.29, 0.717) is 10.2 Å². The van der Waals surface area contributed by atoms with E-state index in [1.54, 1.807) is 53.9 Å². The Labute approximate surface area is 253 Å². The number of hydrogen-bond donors (Lipinski definition) is 1. The summed E-state index contributed by atoms with van der Waals surface area (Å²) >= 11 is 0. The van der Waals surface area contributed by atoms with E-state index in [1.807, 2.05) is 54.6 Å². The molecule has 0 fully saturated rings. The minimum absolute atomic E-state index is 0.0612. The van der Waals surface area contributed by atoms with Crippen molar-refractivity contribution in [1.82, 2.24) is 9.79 Å². The topological polar surface area (TPSA) is 120 Å². The molecular weight excluding hydrogens is 572 g/mol. The molecule has 11 heteroatoms. The molecule has 0 aliphatic rings. The highest BCUT2D eigenvalue weighted by Gasteiger charge is 2.40. The maximum atomic E-state index is 13.9. The average Bonchev–Trinajstić information content (AvgIpc) is 2.97. The van der Waals surface area contributed by atoms with Crippen LogP contribution in [0.3, 0.4) is 0 Å². The highest BCUT2D eigenvalue weighted by Crippen LogP contribution is 2.27. The van der Waals surface area contributed by atoms with Crippen molar-refractivity contribution in [3.05, 3.63) is 84.4 Å². The van der Waals surface area contributed by atoms with Crippen LogP contribution in [-0.4, -0.2) is 56.4 Å². The SMILES string of the molecule is COc1ccc(-c2ccc(S(=O)(=O)N(OC(C)C)[C@H](CCNC(=O)OCc3ccccc3)C(=O)OC(C)(C)C)cc2)cc1. The number of alkyl carbamates (subject to hydrolysis) is 1. The summed E-state index contributed by atoms with van der Waals surface area (Å²) in [7, 11) is -2.77. The van der Waals surface area contributed by atoms with Crippen molar-refractivity contribution < 1.29 is 37.1 Å². The van der Waals surface area contributed by atoms with Gasteiger partial charge in [0.15, 0.2) is 6.04 Å². The molecule has 0 spiro atoms. The lowest BCUT2D eigenvalue weighted by Crippen LogP contribution is -2.49. The van der Waals surface area contributed by atoms with Gasteiger partial charge in [-0.15, -0.1) is 0 Å². The Morgan fingerprint density at radius 2 is 1.47 bits per heavy atom. The van der Waals surface area contributed by atoms with Gasteiger partial charge in [-0.2, -0.15) is 0 Å². The van der Waals surface area contributed by atoms with Crippen LogP contribution < -0.4 is 10.1 Å². The molecule has 0 aromatic heterocycles. The average molecular weight is 613 g/mol. The van der Waals surface area contributed by atoms with Crippen LogP contribution in [0.4, 0.5) is 4.79 Å². The smallest absolute Gasteiger partial charge is 0.407 e. The fraction of sp³-hybridized carbons (Fsp3) is 0.375. The van der Waals surface area contributed by atoms with Crippen molar-refractivity contribution in [3.63, 3.8) is 0 Å². The van der Waals surface area contributed by atoms with Crippen LogP contribution in [0.15, 0.2) is 83.8 Å². The lowest BCUT2D eigenvalue weighted by atomic mass is 10.1. The van der Waals surface area contributed by atoms with Gasteiger partial charge in [0, 0.05) is 6.54 Å². The number of carbonyl (C=O) groups is 2. The number of amides is 1. The van der Waals surface area contributed by atoms with Crippen LogP contribution in [0.25, 0.3) is 11.1 Å². The molecule has 0 heterocycles. The van der Waals surface area contributed by atoms with Gasteiger partial charge in [0.1, 0.15) is 18.0 Å². The number of carbonyl (C=O) groups excluding carboxylic acids is 2. The lowest BCUT2D eigenvalue weighted by molar-refractivity contribution is -0.186. The van der Waals surface area contributed by atoms with Crippen LogP contribution in [0, 0.1) is 0 Å². The van der Waals surface area contributed by atoms with Gasteiger partial charge in [0.05, 0.1) is 18.1 Å². The Morgan fingerprint density at radius 1 is 0.884 bits per heavy atom. The summed E-state index contributed by atoms with van der Waals surface area (Å²) in [5.74, 6) is -0.109. The normalized spacial score (nSPS) is 12.6. The van der Waals surface area contributed by atoms with Crippen LogP contribution in [0.5, 0.6) is 5.75 Å². The molecule has 10 nitrogen and oxygen atoms in total. The number of nitrogens with zero attached hydrogens (tertiary/aromatic N) is 1. The highest BCUT2D eigenvalue weighted by atomic mass is 32.2. The van der Waals surface area contributed by atoms with Gasteiger partial charge in [-0.05, 0) is 82.0 Å². The summed E-state index contributed by atoms with van der Waals surface area (Å²) in [6.45, 7) is 8.33. The van der Waals surface area contributed by atoms with Gasteiger partial charge in [-0.3, -0.25) is 9.63 Å². The summed E-state index contributed by atoms with van der Waals surface area (Å²) in [6.07, 6.45) is -1.44. The summed E-state index contributed by atoms with van der Waals surface area (Å²) in [5.41, 5.74) is 1.58. The Bertz CT molecular complexity index is 1440. The van der Waals surface area contributed by atoms with E-state index in [-0.39, 0.29) is 24.5 Å². The van der Waals surface area contributed by atoms with Crippen molar-refractivity contribution in [2.75, 3.05) is 13.7 Å². The van der Waals surface area contributed by atoms with Gasteiger partial charge >= 0.3 is 12.1 Å². The first-order valence-corrected chi connectivity index (χ1v) is 15.4. The first-order chi connectivity index (χ1) is 20.3. The number of ether oxygens (including phenoxy) is 3. The molecule has 43 heavy (non-hydrogen) atoms. The molecule has 1 amide bonds. The molecule has 0 aliphatic carbocycles. The van der Waals surface area contributed by atoms with E-state index >= 15 is 0 Å². The minimum atomic E-state index is -4.36. The van der Waals surface area contributed by atoms with Crippen molar-refractivity contribution in [3.8, 4) is 16.9 Å². The minimum Gasteiger partial charge on any atom is -0.497 e. The Morgan fingerprint density at radius 3 is 2.00 bits per heavy atom. The summed E-state index contributed by atoms with van der Waals surface area (Å²) in [6, 6.07) is 21.4. The van der Waals surface area contributed by atoms with E-state index < -0.39 is 39.8 Å². The summed E-state index contributed by atoms with van der Waals surface area (Å²) in [4.78, 5) is 31.4. The Hall–Kier alpha value is -3.93. The fourth-order valence-electron chi connectivity index (χ4n) is 3.98. The van der Waals surface area contributed by atoms with E-state index in [2.05, 4.69) is 5.32 Å². The maximum Gasteiger partial charge on any atom is 0.407 e. The van der Waals surface area contributed by atoms with E-state index in [0.717, 1.165) is 16.7 Å². The molecular formula is C32H40N2O8S. The van der Waals surface area contributed by atoms with Gasteiger partial charge in [-0.25, -0.2) is 13.2 Å². The Balaban J connectivity index is 1.83. The summed E-state index contributed by atoms with van der Waals surface area (Å²) in [5, 5.41) is 2.58. The predicted molar refractivity (Wildman–Crippen MR) is 163 cm³/mol. The Kier molecular flexibility index (Phi) is 11.7. The number of hydrogen-bond acceptors (Lipinski definition) is 8. The number of sulfonamides is 1. The molecule has 1 N–H and O–H groups in total. The second kappa shape index (κ2) is 15.0. The van der Waals surface area contributed by atoms with Gasteiger partial charge in [-0.1, -0.05) is 59.1 Å². The molecule has 3 aromatic rings. The number of methoxy groups -OCH3 is 1. The maximum absolute atomic E-state index is 13.9. The zero-order valence-corrected chi connectivity index (χ0v) is 26.2. The third-order valence-electron chi connectivity index (χ3n) is 5.96. The molecule has 1 atom stereocenters. The van der Waals surface area contributed by atoms with Crippen molar-refractivity contribution in [2.24, 2.45) is 0 Å². The van der Waals surface area contributed by atoms with Gasteiger partial charge in [0.2, 0.25) is 0 Å². The molecule has 0 saturated heterocycles. The van der Waals surface area contributed by atoms with Crippen molar-refractivity contribution >= 4 is 22.1 Å². The molecule has 0 unspecified atom stereocenters. The first kappa shape index (κ1) is 33.6. The highest BCUT2D eigenvalue weighted by molar-refractivity contribution is 7.89. The molecule has 0 radical (unpaired) electrons. The zero-order valence-electron chi connectivity index (χ0n) is 25.4. The monoisotopic (exact) mass is 612 g/mol. The van der Waals surface area contributed by atoms with E-state index in [9.17, 15) is 18.0 Å². The van der Waals surface area contributed by atoms with Crippen LogP contribution in [0.1, 0.15) is 46.6 Å². The van der Waals surface area contributed by atoms with Crippen molar-refractivity contribution in [2.45, 2.75) is 70.3 Å². The molecule has 3 rings (SSSR count). The second-order valence-electron chi connectivity index (χ2n) is 11.0. The van der Waals surface area contributed by atoms with Crippen LogP contribution >= 0.6 is 0 Å². The lowest BCUT2D eigenvalue weighted by Gasteiger charge is -2.32. The number of benzene rings is 3. The number of hydroxylamine groups is 1. The molecule has 0 bridgehead atoms. The third-order valence-corrected chi connectivity index (χ3v) is 7.64. The quantitative estimate of drug-likeness (QED) is 0.192. The second-order valence-corrected chi connectivity index (χ2v) is 12.8. The standard InChI is InChI=1S/C32H40N2O8S/c1-23(2)42-34(43(37,38)28-18-14-26(15-19-28)25-12-16-27(39-6)17-13-25)29(30(35)41-32(3,4)5)20-21-33-31(36)40-22-24-10-8-7-9-11-24/h7-19,23,29H,20-22H2,1-6H3,(H,33,36)/t29-/m1/s1. The molecule has 0 aliphatic heterocycles. The van der Waals surface area contributed by atoms with Crippen LogP contribution in [0.2, 0.25) is 0 Å². The first-order valence-electron chi connectivity index (χ1n) is 13.9.